The van der Waals surface area contributed by atoms with Gasteiger partial charge in [-0.1, -0.05) is 17.7 Å². The Bertz CT molecular complexity index is 513. The van der Waals surface area contributed by atoms with E-state index in [1.165, 1.54) is 10.9 Å². The van der Waals surface area contributed by atoms with Gasteiger partial charge in [0.1, 0.15) is 5.82 Å². The second kappa shape index (κ2) is 5.58. The summed E-state index contributed by atoms with van der Waals surface area (Å²) < 4.78 is 12.9. The first-order chi connectivity index (χ1) is 8.16. The maximum atomic E-state index is 12.9. The van der Waals surface area contributed by atoms with Gasteiger partial charge in [-0.3, -0.25) is 0 Å². The topological polar surface area (TPSA) is 24.9 Å². The number of rotatable bonds is 4. The van der Waals surface area contributed by atoms with Crippen LogP contribution in [0.1, 0.15) is 16.1 Å². The molecule has 0 unspecified atom stereocenters. The first-order valence-corrected chi connectivity index (χ1v) is 6.46. The predicted molar refractivity (Wildman–Crippen MR) is 68.8 cm³/mol. The van der Waals surface area contributed by atoms with Crippen LogP contribution in [0.5, 0.6) is 0 Å². The summed E-state index contributed by atoms with van der Waals surface area (Å²) in [6, 6.07) is 4.76. The lowest BCUT2D eigenvalue weighted by Crippen LogP contribution is -2.12. The number of aryl methyl sites for hydroxylation is 1. The van der Waals surface area contributed by atoms with Gasteiger partial charge in [0.25, 0.3) is 0 Å². The largest absolute Gasteiger partial charge is 0.308 e. The fraction of sp³-hybridized carbons (Fsp3) is 0.250. The van der Waals surface area contributed by atoms with Crippen molar-refractivity contribution in [2.45, 2.75) is 20.0 Å². The van der Waals surface area contributed by atoms with Gasteiger partial charge in [0.05, 0.1) is 16.2 Å². The lowest BCUT2D eigenvalue weighted by atomic mass is 10.2. The highest BCUT2D eigenvalue weighted by Gasteiger charge is 2.02. The molecular weight excluding hydrogens is 259 g/mol. The number of nitrogens with one attached hydrogen (secondary N) is 1. The third kappa shape index (κ3) is 3.25. The van der Waals surface area contributed by atoms with Gasteiger partial charge in [0.2, 0.25) is 0 Å². The van der Waals surface area contributed by atoms with E-state index in [9.17, 15) is 4.39 Å². The van der Waals surface area contributed by atoms with Crippen molar-refractivity contribution in [2.75, 3.05) is 0 Å². The molecule has 1 aromatic heterocycles. The first-order valence-electron chi connectivity index (χ1n) is 5.20. The molecule has 0 fully saturated rings. The molecule has 0 amide bonds. The number of thiazole rings is 1. The van der Waals surface area contributed by atoms with Crippen LogP contribution in [0.15, 0.2) is 23.7 Å². The number of hydrogen-bond acceptors (Lipinski definition) is 3. The highest BCUT2D eigenvalue weighted by molar-refractivity contribution is 7.09. The molecular formula is C12H12ClFN2S. The predicted octanol–water partition coefficient (Wildman–Crippen LogP) is 3.53. The fourth-order valence-electron chi connectivity index (χ4n) is 1.47. The van der Waals surface area contributed by atoms with Crippen molar-refractivity contribution in [3.8, 4) is 0 Å². The third-order valence-electron chi connectivity index (χ3n) is 2.44. The summed E-state index contributed by atoms with van der Waals surface area (Å²) in [6.07, 6.45) is 0. The van der Waals surface area contributed by atoms with Crippen LogP contribution in [-0.2, 0) is 13.1 Å². The molecule has 0 spiro atoms. The Morgan fingerprint density at radius 2 is 2.24 bits per heavy atom. The SMILES string of the molecule is Cc1ncsc1CNCc1ccc(F)c(Cl)c1. The Morgan fingerprint density at radius 3 is 2.88 bits per heavy atom. The second-order valence-corrected chi connectivity index (χ2v) is 5.06. The minimum atomic E-state index is -0.381. The van der Waals surface area contributed by atoms with E-state index in [4.69, 9.17) is 11.6 Å². The van der Waals surface area contributed by atoms with Gasteiger partial charge in [0.15, 0.2) is 0 Å². The van der Waals surface area contributed by atoms with Gasteiger partial charge >= 0.3 is 0 Å². The molecule has 2 aromatic rings. The van der Waals surface area contributed by atoms with Gasteiger partial charge < -0.3 is 5.32 Å². The molecule has 0 aliphatic rings. The van der Waals surface area contributed by atoms with Gasteiger partial charge in [-0.05, 0) is 24.6 Å². The monoisotopic (exact) mass is 270 g/mol. The van der Waals surface area contributed by atoms with Crippen LogP contribution in [0, 0.1) is 12.7 Å². The van der Waals surface area contributed by atoms with E-state index < -0.39 is 0 Å². The summed E-state index contributed by atoms with van der Waals surface area (Å²) >= 11 is 7.34. The molecule has 0 aliphatic carbocycles. The van der Waals surface area contributed by atoms with E-state index in [2.05, 4.69) is 10.3 Å². The van der Waals surface area contributed by atoms with Crippen LogP contribution in [0.25, 0.3) is 0 Å². The number of halogens is 2. The highest BCUT2D eigenvalue weighted by atomic mass is 35.5. The van der Waals surface area contributed by atoms with Crippen molar-refractivity contribution in [2.24, 2.45) is 0 Å². The Hall–Kier alpha value is -0.970. The van der Waals surface area contributed by atoms with E-state index in [1.807, 2.05) is 12.4 Å². The average molecular weight is 271 g/mol. The van der Waals surface area contributed by atoms with Gasteiger partial charge in [0, 0.05) is 18.0 Å². The van der Waals surface area contributed by atoms with Gasteiger partial charge in [-0.2, -0.15) is 0 Å². The average Bonchev–Trinajstić information content (AvgIpc) is 2.70. The summed E-state index contributed by atoms with van der Waals surface area (Å²) in [6.45, 7) is 3.42. The van der Waals surface area contributed by atoms with Crippen LogP contribution in [0.4, 0.5) is 4.39 Å². The zero-order valence-electron chi connectivity index (χ0n) is 9.34. The molecule has 0 atom stereocenters. The van der Waals surface area contributed by atoms with Crippen LogP contribution in [0.3, 0.4) is 0 Å². The summed E-state index contributed by atoms with van der Waals surface area (Å²) in [5, 5.41) is 3.45. The Kier molecular flexibility index (Phi) is 4.10. The normalized spacial score (nSPS) is 10.8. The molecule has 5 heteroatoms. The Labute approximate surface area is 108 Å². The highest BCUT2D eigenvalue weighted by Crippen LogP contribution is 2.16. The van der Waals surface area contributed by atoms with Crippen molar-refractivity contribution in [1.82, 2.24) is 10.3 Å². The van der Waals surface area contributed by atoms with Crippen molar-refractivity contribution < 1.29 is 4.39 Å². The summed E-state index contributed by atoms with van der Waals surface area (Å²) in [5.74, 6) is -0.381. The quantitative estimate of drug-likeness (QED) is 0.919. The lowest BCUT2D eigenvalue weighted by molar-refractivity contribution is 0.625. The van der Waals surface area contributed by atoms with Gasteiger partial charge in [-0.15, -0.1) is 11.3 Å². The summed E-state index contributed by atoms with van der Waals surface area (Å²) in [4.78, 5) is 5.40. The molecule has 0 bridgehead atoms. The number of hydrogen-bond donors (Lipinski definition) is 1. The van der Waals surface area contributed by atoms with Crippen LogP contribution in [0.2, 0.25) is 5.02 Å². The number of benzene rings is 1. The summed E-state index contributed by atoms with van der Waals surface area (Å²) in [5.41, 5.74) is 3.86. The Balaban J connectivity index is 1.90. The van der Waals surface area contributed by atoms with Crippen molar-refractivity contribution >= 4 is 22.9 Å². The van der Waals surface area contributed by atoms with Crippen molar-refractivity contribution in [3.05, 3.63) is 50.7 Å². The molecule has 0 saturated heterocycles. The smallest absolute Gasteiger partial charge is 0.141 e. The minimum absolute atomic E-state index is 0.165. The second-order valence-electron chi connectivity index (χ2n) is 3.71. The summed E-state index contributed by atoms with van der Waals surface area (Å²) in [7, 11) is 0. The zero-order valence-corrected chi connectivity index (χ0v) is 10.9. The molecule has 1 N–H and O–H groups in total. The van der Waals surface area contributed by atoms with Crippen LogP contribution < -0.4 is 5.32 Å². The molecule has 0 aliphatic heterocycles. The van der Waals surface area contributed by atoms with E-state index in [1.54, 1.807) is 23.5 Å². The molecule has 1 heterocycles. The van der Waals surface area contributed by atoms with Crippen molar-refractivity contribution in [1.29, 1.82) is 0 Å². The molecule has 17 heavy (non-hydrogen) atoms. The molecule has 2 nitrogen and oxygen atoms in total. The maximum Gasteiger partial charge on any atom is 0.141 e. The number of aromatic nitrogens is 1. The van der Waals surface area contributed by atoms with Crippen molar-refractivity contribution in [3.63, 3.8) is 0 Å². The van der Waals surface area contributed by atoms with Crippen LogP contribution >= 0.6 is 22.9 Å². The fourth-order valence-corrected chi connectivity index (χ4v) is 2.42. The van der Waals surface area contributed by atoms with E-state index in [0.717, 1.165) is 17.8 Å². The lowest BCUT2D eigenvalue weighted by Gasteiger charge is -2.05. The molecule has 0 saturated carbocycles. The van der Waals surface area contributed by atoms with E-state index >= 15 is 0 Å². The first kappa shape index (κ1) is 12.5. The standard InChI is InChI=1S/C12H12ClFN2S/c1-8-12(17-7-16-8)6-15-5-9-2-3-11(14)10(13)4-9/h2-4,7,15H,5-6H2,1H3. The van der Waals surface area contributed by atoms with E-state index in [0.29, 0.717) is 6.54 Å². The Morgan fingerprint density at radius 1 is 1.41 bits per heavy atom. The molecule has 1 aromatic carbocycles. The minimum Gasteiger partial charge on any atom is -0.308 e. The van der Waals surface area contributed by atoms with Crippen LogP contribution in [-0.4, -0.2) is 4.98 Å². The maximum absolute atomic E-state index is 12.9. The number of nitrogens with zero attached hydrogens (tertiary/aromatic N) is 1. The molecule has 2 rings (SSSR count). The third-order valence-corrected chi connectivity index (χ3v) is 3.67. The molecule has 0 radical (unpaired) electrons. The zero-order chi connectivity index (χ0) is 12.3. The van der Waals surface area contributed by atoms with E-state index in [-0.39, 0.29) is 10.8 Å². The van der Waals surface area contributed by atoms with Gasteiger partial charge in [-0.25, -0.2) is 9.37 Å². The molecule has 90 valence electrons.